The van der Waals surface area contributed by atoms with E-state index in [0.29, 0.717) is 11.3 Å². The number of carbonyl (C=O) groups excluding carboxylic acids is 1. The summed E-state index contributed by atoms with van der Waals surface area (Å²) >= 11 is 5.79. The third-order valence-corrected chi connectivity index (χ3v) is 2.83. The number of carboxylic acid groups (broad SMARTS) is 1. The van der Waals surface area contributed by atoms with Crippen molar-refractivity contribution in [3.8, 4) is 0 Å². The number of carbonyl (C=O) groups is 2. The van der Waals surface area contributed by atoms with Gasteiger partial charge in [0, 0.05) is 12.6 Å². The van der Waals surface area contributed by atoms with E-state index < -0.39 is 17.9 Å². The normalized spacial score (nSPS) is 11.9. The lowest BCUT2D eigenvalue weighted by atomic mass is 10.1. The summed E-state index contributed by atoms with van der Waals surface area (Å²) in [5, 5.41) is 9.08. The van der Waals surface area contributed by atoms with Crippen molar-refractivity contribution < 1.29 is 14.7 Å². The number of benzene rings is 1. The quantitative estimate of drug-likeness (QED) is 0.802. The fourth-order valence-corrected chi connectivity index (χ4v) is 1.39. The molecule has 1 aromatic rings. The van der Waals surface area contributed by atoms with Crippen LogP contribution in [0.2, 0.25) is 5.02 Å². The maximum absolute atomic E-state index is 11.9. The molecule has 0 aliphatic heterocycles. The Kier molecular flexibility index (Phi) is 3.96. The lowest BCUT2D eigenvalue weighted by molar-refractivity contribution is -0.141. The molecule has 0 saturated carbocycles. The maximum atomic E-state index is 11.9. The summed E-state index contributed by atoms with van der Waals surface area (Å²) in [6.45, 7) is 1.43. The monoisotopic (exact) mass is 256 g/mol. The van der Waals surface area contributed by atoms with Crippen LogP contribution in [0.4, 0.5) is 5.69 Å². The summed E-state index contributed by atoms with van der Waals surface area (Å²) in [5.74, 6) is -1.48. The van der Waals surface area contributed by atoms with E-state index in [9.17, 15) is 9.59 Å². The summed E-state index contributed by atoms with van der Waals surface area (Å²) < 4.78 is 0. The second kappa shape index (κ2) is 5.05. The molecule has 1 rings (SSSR count). The first-order chi connectivity index (χ1) is 7.84. The first-order valence-corrected chi connectivity index (χ1v) is 5.27. The fourth-order valence-electron chi connectivity index (χ4n) is 1.21. The number of hydrogen-bond donors (Lipinski definition) is 2. The van der Waals surface area contributed by atoms with Crippen LogP contribution in [0.5, 0.6) is 0 Å². The van der Waals surface area contributed by atoms with E-state index in [1.54, 1.807) is 0 Å². The predicted molar refractivity (Wildman–Crippen MR) is 65.1 cm³/mol. The molecular formula is C11H13ClN2O3. The number of aliphatic carboxylic acids is 1. The zero-order chi connectivity index (χ0) is 13.2. The Bertz CT molecular complexity index is 462. The molecule has 0 aromatic heterocycles. The average molecular weight is 257 g/mol. The van der Waals surface area contributed by atoms with E-state index in [1.165, 1.54) is 32.2 Å². The summed E-state index contributed by atoms with van der Waals surface area (Å²) in [6.07, 6.45) is 0. The van der Waals surface area contributed by atoms with Gasteiger partial charge in [-0.3, -0.25) is 4.79 Å². The highest BCUT2D eigenvalue weighted by Gasteiger charge is 2.22. The third-order valence-electron chi connectivity index (χ3n) is 2.51. The van der Waals surface area contributed by atoms with Crippen LogP contribution < -0.4 is 5.73 Å². The van der Waals surface area contributed by atoms with Crippen LogP contribution in [0, 0.1) is 0 Å². The van der Waals surface area contributed by atoms with Gasteiger partial charge in [0.15, 0.2) is 0 Å². The third kappa shape index (κ3) is 2.88. The molecule has 3 N–H and O–H groups in total. The van der Waals surface area contributed by atoms with Crippen molar-refractivity contribution in [3.05, 3.63) is 28.8 Å². The highest BCUT2D eigenvalue weighted by molar-refractivity contribution is 6.33. The summed E-state index contributed by atoms with van der Waals surface area (Å²) in [7, 11) is 1.42. The van der Waals surface area contributed by atoms with Crippen molar-refractivity contribution in [2.75, 3.05) is 12.8 Å². The van der Waals surface area contributed by atoms with Gasteiger partial charge in [-0.15, -0.1) is 0 Å². The minimum Gasteiger partial charge on any atom is -0.480 e. The van der Waals surface area contributed by atoms with Crippen LogP contribution in [0.15, 0.2) is 18.2 Å². The first-order valence-electron chi connectivity index (χ1n) is 4.89. The number of likely N-dealkylation sites (N-methyl/N-ethyl adjacent to an activating group) is 1. The summed E-state index contributed by atoms with van der Waals surface area (Å²) in [5.41, 5.74) is 6.20. The van der Waals surface area contributed by atoms with Gasteiger partial charge in [0.05, 0.1) is 10.7 Å². The van der Waals surface area contributed by atoms with Crippen molar-refractivity contribution in [2.24, 2.45) is 0 Å². The molecule has 6 heteroatoms. The van der Waals surface area contributed by atoms with Crippen molar-refractivity contribution in [3.63, 3.8) is 0 Å². The highest BCUT2D eigenvalue weighted by atomic mass is 35.5. The number of nitrogens with two attached hydrogens (primary N) is 1. The summed E-state index contributed by atoms with van der Waals surface area (Å²) in [6, 6.07) is 3.53. The lowest BCUT2D eigenvalue weighted by Gasteiger charge is -2.21. The number of nitrogens with zero attached hydrogens (tertiary/aromatic N) is 1. The van der Waals surface area contributed by atoms with Crippen LogP contribution in [0.25, 0.3) is 0 Å². The van der Waals surface area contributed by atoms with Crippen LogP contribution >= 0.6 is 11.6 Å². The molecule has 0 spiro atoms. The number of halogens is 1. The van der Waals surface area contributed by atoms with Gasteiger partial charge in [0.1, 0.15) is 6.04 Å². The molecular weight excluding hydrogens is 244 g/mol. The number of nitrogen functional groups attached to an aromatic ring is 1. The lowest BCUT2D eigenvalue weighted by Crippen LogP contribution is -2.40. The molecule has 0 saturated heterocycles. The van der Waals surface area contributed by atoms with Gasteiger partial charge >= 0.3 is 5.97 Å². The van der Waals surface area contributed by atoms with Crippen LogP contribution in [0.3, 0.4) is 0 Å². The largest absolute Gasteiger partial charge is 0.480 e. The average Bonchev–Trinajstić information content (AvgIpc) is 2.29. The van der Waals surface area contributed by atoms with Crippen LogP contribution in [-0.2, 0) is 4.79 Å². The van der Waals surface area contributed by atoms with Crippen LogP contribution in [0.1, 0.15) is 17.3 Å². The van der Waals surface area contributed by atoms with Gasteiger partial charge in [0.2, 0.25) is 0 Å². The molecule has 1 amide bonds. The number of anilines is 1. The Labute approximate surface area is 104 Å². The standard InChI is InChI=1S/C11H13ClN2O3/c1-6(11(16)17)14(2)10(15)7-3-4-9(13)8(12)5-7/h3-6H,13H2,1-2H3,(H,16,17)/t6-/m0/s1. The van der Waals surface area contributed by atoms with E-state index in [1.807, 2.05) is 0 Å². The minimum absolute atomic E-state index is 0.271. The molecule has 0 heterocycles. The van der Waals surface area contributed by atoms with E-state index in [4.69, 9.17) is 22.4 Å². The SMILES string of the molecule is C[C@@H](C(=O)O)N(C)C(=O)c1ccc(N)c(Cl)c1. The molecule has 92 valence electrons. The Morgan fingerprint density at radius 2 is 2.06 bits per heavy atom. The summed E-state index contributed by atoms with van der Waals surface area (Å²) in [4.78, 5) is 23.8. The highest BCUT2D eigenvalue weighted by Crippen LogP contribution is 2.20. The number of hydrogen-bond acceptors (Lipinski definition) is 3. The molecule has 0 aliphatic rings. The topological polar surface area (TPSA) is 83.6 Å². The number of carboxylic acids is 1. The number of rotatable bonds is 3. The van der Waals surface area contributed by atoms with Crippen LogP contribution in [-0.4, -0.2) is 35.0 Å². The molecule has 0 radical (unpaired) electrons. The minimum atomic E-state index is -1.07. The Balaban J connectivity index is 2.96. The molecule has 1 aromatic carbocycles. The van der Waals surface area contributed by atoms with Crippen molar-refractivity contribution >= 4 is 29.2 Å². The van der Waals surface area contributed by atoms with Gasteiger partial charge in [-0.05, 0) is 25.1 Å². The molecule has 0 fully saturated rings. The smallest absolute Gasteiger partial charge is 0.326 e. The van der Waals surface area contributed by atoms with Gasteiger partial charge in [0.25, 0.3) is 5.91 Å². The molecule has 1 atom stereocenters. The Morgan fingerprint density at radius 1 is 1.47 bits per heavy atom. The van der Waals surface area contributed by atoms with Crippen molar-refractivity contribution in [2.45, 2.75) is 13.0 Å². The van der Waals surface area contributed by atoms with E-state index in [-0.39, 0.29) is 5.02 Å². The van der Waals surface area contributed by atoms with E-state index in [0.717, 1.165) is 4.90 Å². The molecule has 0 bridgehead atoms. The first kappa shape index (κ1) is 13.3. The van der Waals surface area contributed by atoms with E-state index >= 15 is 0 Å². The second-order valence-electron chi connectivity index (χ2n) is 3.67. The van der Waals surface area contributed by atoms with Crippen molar-refractivity contribution in [1.82, 2.24) is 4.90 Å². The molecule has 0 aliphatic carbocycles. The molecule has 17 heavy (non-hydrogen) atoms. The fraction of sp³-hybridized carbons (Fsp3) is 0.273. The molecule has 5 nitrogen and oxygen atoms in total. The maximum Gasteiger partial charge on any atom is 0.326 e. The molecule has 0 unspecified atom stereocenters. The van der Waals surface area contributed by atoms with Gasteiger partial charge in [-0.2, -0.15) is 0 Å². The predicted octanol–water partition coefficient (Wildman–Crippen LogP) is 1.47. The Hall–Kier alpha value is -1.75. The van der Waals surface area contributed by atoms with Crippen molar-refractivity contribution in [1.29, 1.82) is 0 Å². The second-order valence-corrected chi connectivity index (χ2v) is 4.07. The van der Waals surface area contributed by atoms with Gasteiger partial charge in [-0.25, -0.2) is 4.79 Å². The zero-order valence-corrected chi connectivity index (χ0v) is 10.2. The van der Waals surface area contributed by atoms with E-state index in [2.05, 4.69) is 0 Å². The number of amides is 1. The van der Waals surface area contributed by atoms with Gasteiger partial charge < -0.3 is 15.7 Å². The zero-order valence-electron chi connectivity index (χ0n) is 9.48. The Morgan fingerprint density at radius 3 is 2.53 bits per heavy atom. The van der Waals surface area contributed by atoms with Gasteiger partial charge in [-0.1, -0.05) is 11.6 Å².